The maximum atomic E-state index is 5.05. The Labute approximate surface area is 103 Å². The molecule has 0 aromatic carbocycles. The van der Waals surface area contributed by atoms with Crippen molar-refractivity contribution in [3.63, 3.8) is 0 Å². The van der Waals surface area contributed by atoms with E-state index in [1.807, 2.05) is 20.2 Å². The van der Waals surface area contributed by atoms with Crippen molar-refractivity contribution in [3.05, 3.63) is 11.9 Å². The lowest BCUT2D eigenvalue weighted by atomic mass is 10.3. The van der Waals surface area contributed by atoms with Crippen molar-refractivity contribution in [1.82, 2.24) is 9.97 Å². The Balaban J connectivity index is 2.73. The Bertz CT molecular complexity index is 321. The summed E-state index contributed by atoms with van der Waals surface area (Å²) in [5.74, 6) is 2.69. The molecule has 0 spiro atoms. The molecule has 0 amide bonds. The molecular formula is C12H22N4O. The van der Waals surface area contributed by atoms with E-state index in [1.54, 1.807) is 7.11 Å². The zero-order valence-electron chi connectivity index (χ0n) is 11.2. The van der Waals surface area contributed by atoms with Crippen LogP contribution in [0.1, 0.15) is 19.2 Å². The molecule has 17 heavy (non-hydrogen) atoms. The number of anilines is 2. The van der Waals surface area contributed by atoms with Gasteiger partial charge < -0.3 is 15.0 Å². The molecule has 0 unspecified atom stereocenters. The number of nitrogens with zero attached hydrogens (tertiary/aromatic N) is 3. The van der Waals surface area contributed by atoms with Crippen molar-refractivity contribution in [2.24, 2.45) is 0 Å². The van der Waals surface area contributed by atoms with Crippen molar-refractivity contribution in [2.45, 2.75) is 19.8 Å². The Hall–Kier alpha value is -1.36. The average Bonchev–Trinajstić information content (AvgIpc) is 2.38. The Morgan fingerprint density at radius 3 is 2.76 bits per heavy atom. The third kappa shape index (κ3) is 4.19. The molecule has 0 aliphatic rings. The second-order valence-corrected chi connectivity index (χ2v) is 3.90. The van der Waals surface area contributed by atoms with E-state index in [0.29, 0.717) is 0 Å². The van der Waals surface area contributed by atoms with Gasteiger partial charge >= 0.3 is 0 Å². The van der Waals surface area contributed by atoms with Gasteiger partial charge in [0, 0.05) is 46.8 Å². The predicted molar refractivity (Wildman–Crippen MR) is 70.7 cm³/mol. The molecule has 0 saturated carbocycles. The SMILES string of the molecule is CCc1nc(NC)cc(N(C)CCCOC)n1. The number of methoxy groups -OCH3 is 1. The molecule has 5 nitrogen and oxygen atoms in total. The fourth-order valence-electron chi connectivity index (χ4n) is 1.53. The maximum absolute atomic E-state index is 5.05. The van der Waals surface area contributed by atoms with Crippen molar-refractivity contribution in [2.75, 3.05) is 44.6 Å². The van der Waals surface area contributed by atoms with Crippen molar-refractivity contribution in [1.29, 1.82) is 0 Å². The first kappa shape index (κ1) is 13.7. The second-order valence-electron chi connectivity index (χ2n) is 3.90. The summed E-state index contributed by atoms with van der Waals surface area (Å²) in [7, 11) is 5.63. The summed E-state index contributed by atoms with van der Waals surface area (Å²) in [6.07, 6.45) is 1.84. The van der Waals surface area contributed by atoms with Crippen LogP contribution >= 0.6 is 0 Å². The van der Waals surface area contributed by atoms with E-state index in [2.05, 4.69) is 27.1 Å². The van der Waals surface area contributed by atoms with Crippen molar-refractivity contribution in [3.8, 4) is 0 Å². The van der Waals surface area contributed by atoms with Crippen molar-refractivity contribution >= 4 is 11.6 Å². The number of hydrogen-bond donors (Lipinski definition) is 1. The van der Waals surface area contributed by atoms with Gasteiger partial charge in [0.15, 0.2) is 0 Å². The average molecular weight is 238 g/mol. The minimum absolute atomic E-state index is 0.773. The first-order valence-corrected chi connectivity index (χ1v) is 5.97. The molecule has 1 rings (SSSR count). The number of aromatic nitrogens is 2. The van der Waals surface area contributed by atoms with E-state index in [9.17, 15) is 0 Å². The normalized spacial score (nSPS) is 10.4. The smallest absolute Gasteiger partial charge is 0.134 e. The van der Waals surface area contributed by atoms with Crippen LogP contribution < -0.4 is 10.2 Å². The third-order valence-corrected chi connectivity index (χ3v) is 2.56. The lowest BCUT2D eigenvalue weighted by molar-refractivity contribution is 0.196. The number of hydrogen-bond acceptors (Lipinski definition) is 5. The lowest BCUT2D eigenvalue weighted by Crippen LogP contribution is -2.21. The van der Waals surface area contributed by atoms with Crippen LogP contribution in [0.4, 0.5) is 11.6 Å². The lowest BCUT2D eigenvalue weighted by Gasteiger charge is -2.19. The van der Waals surface area contributed by atoms with Gasteiger partial charge in [-0.3, -0.25) is 0 Å². The largest absolute Gasteiger partial charge is 0.385 e. The van der Waals surface area contributed by atoms with Gasteiger partial charge in [-0.25, -0.2) is 9.97 Å². The molecule has 0 aliphatic carbocycles. The van der Waals surface area contributed by atoms with Crippen LogP contribution in [0.25, 0.3) is 0 Å². The summed E-state index contributed by atoms with van der Waals surface area (Å²) in [5.41, 5.74) is 0. The zero-order valence-corrected chi connectivity index (χ0v) is 11.2. The quantitative estimate of drug-likeness (QED) is 0.730. The summed E-state index contributed by atoms with van der Waals surface area (Å²) < 4.78 is 5.05. The molecule has 0 atom stereocenters. The Kier molecular flexibility index (Phi) is 5.69. The molecule has 1 aromatic heterocycles. The molecule has 96 valence electrons. The van der Waals surface area contributed by atoms with Crippen LogP contribution in [0.5, 0.6) is 0 Å². The van der Waals surface area contributed by atoms with Gasteiger partial charge in [0.1, 0.15) is 17.5 Å². The summed E-state index contributed by atoms with van der Waals surface area (Å²) in [6.45, 7) is 3.76. The number of rotatable bonds is 7. The van der Waals surface area contributed by atoms with E-state index in [1.165, 1.54) is 0 Å². The molecule has 0 aliphatic heterocycles. The van der Waals surface area contributed by atoms with E-state index < -0.39 is 0 Å². The Morgan fingerprint density at radius 1 is 1.41 bits per heavy atom. The first-order valence-electron chi connectivity index (χ1n) is 5.97. The fourth-order valence-corrected chi connectivity index (χ4v) is 1.53. The minimum Gasteiger partial charge on any atom is -0.385 e. The number of aryl methyl sites for hydroxylation is 1. The van der Waals surface area contributed by atoms with Crippen LogP contribution in [-0.2, 0) is 11.2 Å². The number of nitrogens with one attached hydrogen (secondary N) is 1. The highest BCUT2D eigenvalue weighted by Crippen LogP contribution is 2.15. The fraction of sp³-hybridized carbons (Fsp3) is 0.667. The van der Waals surface area contributed by atoms with Crippen LogP contribution in [0.3, 0.4) is 0 Å². The summed E-state index contributed by atoms with van der Waals surface area (Å²) in [5, 5.41) is 3.06. The van der Waals surface area contributed by atoms with Gasteiger partial charge in [-0.05, 0) is 6.42 Å². The standard InChI is InChI=1S/C12H22N4O/c1-5-10-14-11(13-2)9-12(15-10)16(3)7-6-8-17-4/h9H,5-8H2,1-4H3,(H,13,14,15). The molecule has 0 bridgehead atoms. The third-order valence-electron chi connectivity index (χ3n) is 2.56. The summed E-state index contributed by atoms with van der Waals surface area (Å²) in [4.78, 5) is 11.0. The van der Waals surface area contributed by atoms with Gasteiger partial charge in [-0.1, -0.05) is 6.92 Å². The molecule has 1 N–H and O–H groups in total. The summed E-state index contributed by atoms with van der Waals surface area (Å²) in [6, 6.07) is 1.96. The molecule has 0 saturated heterocycles. The van der Waals surface area contributed by atoms with Gasteiger partial charge in [-0.15, -0.1) is 0 Å². The monoisotopic (exact) mass is 238 g/mol. The highest BCUT2D eigenvalue weighted by Gasteiger charge is 2.06. The number of ether oxygens (including phenoxy) is 1. The highest BCUT2D eigenvalue weighted by molar-refractivity contribution is 5.48. The first-order chi connectivity index (χ1) is 8.21. The minimum atomic E-state index is 0.773. The maximum Gasteiger partial charge on any atom is 0.134 e. The molecule has 1 aromatic rings. The van der Waals surface area contributed by atoms with E-state index in [0.717, 1.165) is 43.5 Å². The zero-order chi connectivity index (χ0) is 12.7. The van der Waals surface area contributed by atoms with Crippen LogP contribution in [-0.4, -0.2) is 44.3 Å². The molecule has 0 radical (unpaired) electrons. The van der Waals surface area contributed by atoms with Gasteiger partial charge in [0.2, 0.25) is 0 Å². The molecule has 5 heteroatoms. The van der Waals surface area contributed by atoms with Crippen LogP contribution in [0.15, 0.2) is 6.07 Å². The second kappa shape index (κ2) is 7.06. The van der Waals surface area contributed by atoms with Crippen molar-refractivity contribution < 1.29 is 4.74 Å². The van der Waals surface area contributed by atoms with E-state index in [-0.39, 0.29) is 0 Å². The van der Waals surface area contributed by atoms with Gasteiger partial charge in [-0.2, -0.15) is 0 Å². The van der Waals surface area contributed by atoms with Gasteiger partial charge in [0.05, 0.1) is 0 Å². The summed E-state index contributed by atoms with van der Waals surface area (Å²) >= 11 is 0. The molecule has 0 fully saturated rings. The molecule has 1 heterocycles. The topological polar surface area (TPSA) is 50.3 Å². The van der Waals surface area contributed by atoms with E-state index in [4.69, 9.17) is 4.74 Å². The van der Waals surface area contributed by atoms with E-state index >= 15 is 0 Å². The highest BCUT2D eigenvalue weighted by atomic mass is 16.5. The van der Waals surface area contributed by atoms with Crippen LogP contribution in [0.2, 0.25) is 0 Å². The molecular weight excluding hydrogens is 216 g/mol. The predicted octanol–water partition coefficient (Wildman–Crippen LogP) is 1.55. The Morgan fingerprint density at radius 2 is 2.18 bits per heavy atom. The van der Waals surface area contributed by atoms with Crippen LogP contribution in [0, 0.1) is 0 Å². The van der Waals surface area contributed by atoms with Gasteiger partial charge in [0.25, 0.3) is 0 Å².